The molecule has 101 heavy (non-hydrogen) atoms. The molecule has 4 heterocycles. The third-order valence-electron chi connectivity index (χ3n) is 19.9. The molecule has 14 aromatic carbocycles. The van der Waals surface area contributed by atoms with Gasteiger partial charge < -0.3 is 33.0 Å². The predicted molar refractivity (Wildman–Crippen MR) is 429 cm³/mol. The molecule has 0 aliphatic rings. The number of nitrogens with zero attached hydrogens (tertiary/aromatic N) is 5. The lowest BCUT2D eigenvalue weighted by atomic mass is 9.87. The van der Waals surface area contributed by atoms with Gasteiger partial charge in [0.1, 0.15) is 22.3 Å². The van der Waals surface area contributed by atoms with Gasteiger partial charge in [-0.05, 0) is 186 Å². The maximum Gasteiger partial charge on any atom is 0.137 e. The first-order valence-corrected chi connectivity index (χ1v) is 35.7. The van der Waals surface area contributed by atoms with Gasteiger partial charge in [-0.1, -0.05) is 199 Å². The highest BCUT2D eigenvalue weighted by atomic mass is 35.5. The third kappa shape index (κ3) is 10.8. The molecule has 0 bridgehead atoms. The summed E-state index contributed by atoms with van der Waals surface area (Å²) in [5, 5.41) is 9.50. The molecule has 0 radical (unpaired) electrons. The topological polar surface area (TPSA) is 44.2 Å². The molecule has 0 saturated heterocycles. The standard InChI is InChI=1S/C92H70ClN5O2S/c1-91(2,3)59-36-40-63(41-37-59)96(66-27-21-26-65(52-66)95(67-46-50-86-78(53-67)75-30-15-19-34-85(75)99-86)68-47-51-89-79(54-68)77-31-16-20-35-88(77)101-89)82-56-71(94(61-22-9-7-10-23-61)70-45-49-76-74-29-14-18-33-84(74)100-87(76)58-70)57-83(90(82)93)97(64-42-38-60(39-43-64)92(4,5)6)69-44-48-73-72-28-13-17-32-80(72)98(81(73)55-69)62-24-11-8-12-25-62/h7-58H,1-6H3. The van der Waals surface area contributed by atoms with Crippen molar-refractivity contribution in [1.82, 2.24) is 4.57 Å². The summed E-state index contributed by atoms with van der Waals surface area (Å²) in [5.41, 5.74) is 19.6. The number of anilines is 12. The van der Waals surface area contributed by atoms with Crippen molar-refractivity contribution in [2.24, 2.45) is 0 Å². The van der Waals surface area contributed by atoms with Crippen LogP contribution in [0, 0.1) is 0 Å². The first-order valence-electron chi connectivity index (χ1n) is 34.5. The van der Waals surface area contributed by atoms with Gasteiger partial charge in [0.15, 0.2) is 0 Å². The van der Waals surface area contributed by atoms with Gasteiger partial charge >= 0.3 is 0 Å². The van der Waals surface area contributed by atoms with Gasteiger partial charge in [-0.25, -0.2) is 0 Å². The number of thiophene rings is 1. The first kappa shape index (κ1) is 61.5. The van der Waals surface area contributed by atoms with Gasteiger partial charge in [-0.2, -0.15) is 0 Å². The molecule has 7 nitrogen and oxygen atoms in total. The first-order chi connectivity index (χ1) is 49.2. The Morgan fingerprint density at radius 1 is 0.277 bits per heavy atom. The summed E-state index contributed by atoms with van der Waals surface area (Å²) in [5.74, 6) is 0. The molecule has 0 spiro atoms. The van der Waals surface area contributed by atoms with E-state index in [2.05, 4.69) is 357 Å². The summed E-state index contributed by atoms with van der Waals surface area (Å²) in [6, 6.07) is 114. The molecule has 9 heteroatoms. The summed E-state index contributed by atoms with van der Waals surface area (Å²) < 4.78 is 18.1. The molecule has 0 aliphatic heterocycles. The molecule has 0 saturated carbocycles. The highest BCUT2D eigenvalue weighted by molar-refractivity contribution is 7.25. The number of fused-ring (bicyclic) bond motifs is 12. The van der Waals surface area contributed by atoms with Crippen LogP contribution in [0.3, 0.4) is 0 Å². The average Bonchev–Trinajstić information content (AvgIpc) is 1.03. The van der Waals surface area contributed by atoms with E-state index in [0.29, 0.717) is 5.02 Å². The summed E-state index contributed by atoms with van der Waals surface area (Å²) >= 11 is 10.6. The SMILES string of the molecule is CC(C)(C)c1ccc(N(c2cccc(N(c3ccc4oc5ccccc5c4c3)c3ccc4sc5ccccc5c4c3)c2)c2cc(N(c3ccccc3)c3ccc4c(c3)oc3ccccc34)cc(N(c3ccc(C(C)(C)C)cc3)c3ccc4c5ccccc5n(-c5ccccc5)c4c3)c2Cl)cc1. The normalized spacial score (nSPS) is 12.1. The number of para-hydroxylation sites is 5. The molecule has 488 valence electrons. The van der Waals surface area contributed by atoms with Gasteiger partial charge in [0.25, 0.3) is 0 Å². The van der Waals surface area contributed by atoms with Crippen molar-refractivity contribution < 1.29 is 8.83 Å². The van der Waals surface area contributed by atoms with Crippen LogP contribution in [0.5, 0.6) is 0 Å². The summed E-state index contributed by atoms with van der Waals surface area (Å²) in [4.78, 5) is 9.44. The van der Waals surface area contributed by atoms with E-state index in [1.54, 1.807) is 0 Å². The summed E-state index contributed by atoms with van der Waals surface area (Å²) in [6.07, 6.45) is 0. The van der Waals surface area contributed by atoms with Crippen molar-refractivity contribution in [3.8, 4) is 5.69 Å². The zero-order chi connectivity index (χ0) is 68.3. The quantitative estimate of drug-likeness (QED) is 0.115. The molecule has 18 rings (SSSR count). The molecule has 0 amide bonds. The van der Waals surface area contributed by atoms with Gasteiger partial charge in [-0.3, -0.25) is 0 Å². The highest BCUT2D eigenvalue weighted by Gasteiger charge is 2.30. The van der Waals surface area contributed by atoms with E-state index in [0.717, 1.165) is 134 Å². The lowest BCUT2D eigenvalue weighted by Gasteiger charge is -2.35. The minimum absolute atomic E-state index is 0.112. The van der Waals surface area contributed by atoms with Crippen LogP contribution in [-0.2, 0) is 10.8 Å². The van der Waals surface area contributed by atoms with Crippen LogP contribution in [-0.4, -0.2) is 4.57 Å². The molecular formula is C92H70ClN5O2S. The molecule has 4 aromatic heterocycles. The molecule has 0 N–H and O–H groups in total. The fourth-order valence-corrected chi connectivity index (χ4v) is 16.2. The minimum Gasteiger partial charge on any atom is -0.456 e. The molecule has 0 atom stereocenters. The summed E-state index contributed by atoms with van der Waals surface area (Å²) in [6.45, 7) is 13.6. The zero-order valence-corrected chi connectivity index (χ0v) is 58.4. The van der Waals surface area contributed by atoms with Crippen molar-refractivity contribution in [2.75, 3.05) is 19.6 Å². The fourth-order valence-electron chi connectivity index (χ4n) is 14.9. The number of benzene rings is 14. The number of hydrogen-bond donors (Lipinski definition) is 0. The molecule has 0 aliphatic carbocycles. The minimum atomic E-state index is -0.127. The number of furan rings is 2. The van der Waals surface area contributed by atoms with E-state index in [-0.39, 0.29) is 10.8 Å². The van der Waals surface area contributed by atoms with Gasteiger partial charge in [0.2, 0.25) is 0 Å². The van der Waals surface area contributed by atoms with Crippen LogP contribution in [0.1, 0.15) is 52.7 Å². The van der Waals surface area contributed by atoms with Crippen LogP contribution in [0.2, 0.25) is 5.02 Å². The van der Waals surface area contributed by atoms with E-state index in [1.807, 2.05) is 35.6 Å². The Labute approximate surface area is 595 Å². The average molecular weight is 1350 g/mol. The van der Waals surface area contributed by atoms with Crippen LogP contribution in [0.25, 0.3) is 91.5 Å². The monoisotopic (exact) mass is 1340 g/mol. The third-order valence-corrected chi connectivity index (χ3v) is 21.4. The van der Waals surface area contributed by atoms with Gasteiger partial charge in [0, 0.05) is 115 Å². The van der Waals surface area contributed by atoms with E-state index in [9.17, 15) is 0 Å². The molecular weight excluding hydrogens is 1270 g/mol. The Balaban J connectivity index is 0.921. The maximum absolute atomic E-state index is 8.75. The Kier molecular flexibility index (Phi) is 14.8. The van der Waals surface area contributed by atoms with Crippen LogP contribution in [0.4, 0.5) is 68.2 Å². The lowest BCUT2D eigenvalue weighted by molar-refractivity contribution is 0.590. The van der Waals surface area contributed by atoms with Crippen molar-refractivity contribution >= 4 is 177 Å². The summed E-state index contributed by atoms with van der Waals surface area (Å²) in [7, 11) is 0. The van der Waals surface area contributed by atoms with Crippen molar-refractivity contribution in [1.29, 1.82) is 0 Å². The van der Waals surface area contributed by atoms with E-state index >= 15 is 0 Å². The Bertz CT molecular complexity index is 6100. The van der Waals surface area contributed by atoms with Crippen molar-refractivity contribution in [3.63, 3.8) is 0 Å². The molecule has 0 fully saturated rings. The van der Waals surface area contributed by atoms with E-state index < -0.39 is 0 Å². The van der Waals surface area contributed by atoms with Gasteiger partial charge in [0.05, 0.1) is 33.1 Å². The second-order valence-corrected chi connectivity index (χ2v) is 29.8. The van der Waals surface area contributed by atoms with E-state index in [1.165, 1.54) is 36.7 Å². The zero-order valence-electron chi connectivity index (χ0n) is 56.9. The number of hydrogen-bond acceptors (Lipinski definition) is 7. The maximum atomic E-state index is 8.75. The smallest absolute Gasteiger partial charge is 0.137 e. The number of halogens is 1. The van der Waals surface area contributed by atoms with Crippen LogP contribution < -0.4 is 19.6 Å². The van der Waals surface area contributed by atoms with Crippen LogP contribution in [0.15, 0.2) is 324 Å². The Morgan fingerprint density at radius 2 is 0.693 bits per heavy atom. The van der Waals surface area contributed by atoms with Crippen molar-refractivity contribution in [2.45, 2.75) is 52.4 Å². The lowest BCUT2D eigenvalue weighted by Crippen LogP contribution is -2.18. The molecule has 18 aromatic rings. The second-order valence-electron chi connectivity index (χ2n) is 28.3. The fraction of sp³-hybridized carbons (Fsp3) is 0.0870. The Hall–Kier alpha value is -11.8. The number of rotatable bonds is 13. The van der Waals surface area contributed by atoms with Crippen molar-refractivity contribution in [3.05, 3.63) is 332 Å². The second kappa shape index (κ2) is 24.3. The predicted octanol–water partition coefficient (Wildman–Crippen LogP) is 28.1. The van der Waals surface area contributed by atoms with Gasteiger partial charge in [-0.15, -0.1) is 11.3 Å². The molecule has 0 unspecified atom stereocenters. The van der Waals surface area contributed by atoms with Crippen LogP contribution >= 0.6 is 22.9 Å². The van der Waals surface area contributed by atoms with E-state index in [4.69, 9.17) is 20.4 Å². The highest BCUT2D eigenvalue weighted by Crippen LogP contribution is 2.54. The Morgan fingerprint density at radius 3 is 1.35 bits per heavy atom. The largest absolute Gasteiger partial charge is 0.456 e. The number of aromatic nitrogens is 1.